The van der Waals surface area contributed by atoms with Crippen molar-refractivity contribution in [2.75, 3.05) is 13.2 Å². The van der Waals surface area contributed by atoms with Gasteiger partial charge in [0, 0.05) is 6.42 Å². The summed E-state index contributed by atoms with van der Waals surface area (Å²) in [6.07, 6.45) is 0.734. The zero-order valence-electron chi connectivity index (χ0n) is 17.0. The molecule has 5 rings (SSSR count). The van der Waals surface area contributed by atoms with E-state index in [0.29, 0.717) is 36.2 Å². The number of fused-ring (bicyclic) bond motifs is 4. The van der Waals surface area contributed by atoms with E-state index in [2.05, 4.69) is 0 Å². The van der Waals surface area contributed by atoms with Gasteiger partial charge in [-0.25, -0.2) is 9.97 Å². The van der Waals surface area contributed by atoms with Gasteiger partial charge in [-0.3, -0.25) is 0 Å². The fourth-order valence-corrected chi connectivity index (χ4v) is 3.40. The number of hydrogen-bond donors (Lipinski definition) is 0. The third-order valence-electron chi connectivity index (χ3n) is 4.96. The molecule has 1 aliphatic rings. The molecule has 0 saturated carbocycles. The minimum absolute atomic E-state index is 0.259. The lowest BCUT2D eigenvalue weighted by Crippen LogP contribution is -2.10. The van der Waals surface area contributed by atoms with E-state index in [9.17, 15) is 0 Å². The summed E-state index contributed by atoms with van der Waals surface area (Å²) in [6, 6.07) is 23.1. The number of hydrogen-bond acceptors (Lipinski definition) is 6. The van der Waals surface area contributed by atoms with E-state index in [1.165, 1.54) is 0 Å². The number of ether oxygens (including phenoxy) is 4. The van der Waals surface area contributed by atoms with Crippen LogP contribution in [0.25, 0.3) is 11.0 Å². The highest BCUT2D eigenvalue weighted by Crippen LogP contribution is 2.30. The molecule has 0 aliphatic carbocycles. The van der Waals surface area contributed by atoms with Crippen LogP contribution in [-0.4, -0.2) is 23.2 Å². The fraction of sp³-hybridized carbons (Fsp3) is 0.200. The van der Waals surface area contributed by atoms with Crippen LogP contribution in [0, 0.1) is 0 Å². The smallest absolute Gasteiger partial charge is 0.161 e. The molecule has 0 saturated heterocycles. The van der Waals surface area contributed by atoms with Gasteiger partial charge < -0.3 is 18.9 Å². The lowest BCUT2D eigenvalue weighted by Gasteiger charge is -2.14. The van der Waals surface area contributed by atoms with Gasteiger partial charge in [0.2, 0.25) is 0 Å². The van der Waals surface area contributed by atoms with E-state index >= 15 is 0 Å². The van der Waals surface area contributed by atoms with Gasteiger partial charge in [0.05, 0.1) is 24.2 Å². The van der Waals surface area contributed by atoms with Crippen LogP contribution in [0.2, 0.25) is 0 Å². The Morgan fingerprint density at radius 3 is 1.32 bits per heavy atom. The zero-order chi connectivity index (χ0) is 20.9. The minimum atomic E-state index is 0.259. The first-order valence-corrected chi connectivity index (χ1v) is 10.3. The van der Waals surface area contributed by atoms with Crippen LogP contribution in [-0.2, 0) is 13.2 Å². The van der Waals surface area contributed by atoms with Crippen molar-refractivity contribution < 1.29 is 18.9 Å². The van der Waals surface area contributed by atoms with Gasteiger partial charge in [-0.2, -0.15) is 0 Å². The molecular weight excluding hydrogens is 392 g/mol. The van der Waals surface area contributed by atoms with E-state index in [-0.39, 0.29) is 13.2 Å². The van der Waals surface area contributed by atoms with Crippen LogP contribution in [0.1, 0.15) is 17.8 Å². The lowest BCUT2D eigenvalue weighted by molar-refractivity contribution is 0.225. The maximum atomic E-state index is 6.09. The summed E-state index contributed by atoms with van der Waals surface area (Å²) in [5.41, 5.74) is 3.08. The highest BCUT2D eigenvalue weighted by atomic mass is 16.5. The summed E-state index contributed by atoms with van der Waals surface area (Å²) >= 11 is 0. The lowest BCUT2D eigenvalue weighted by atomic mass is 10.2. The molecule has 3 aromatic carbocycles. The van der Waals surface area contributed by atoms with Crippen molar-refractivity contribution in [3.8, 4) is 23.0 Å². The number of para-hydroxylation sites is 6. The fourth-order valence-electron chi connectivity index (χ4n) is 3.40. The predicted octanol–water partition coefficient (Wildman–Crippen LogP) is 4.95. The summed E-state index contributed by atoms with van der Waals surface area (Å²) in [7, 11) is 0. The van der Waals surface area contributed by atoms with E-state index in [1.807, 2.05) is 72.8 Å². The molecule has 0 N–H and O–H groups in total. The normalized spacial score (nSPS) is 14.2. The summed E-state index contributed by atoms with van der Waals surface area (Å²) in [6.45, 7) is 1.55. The zero-order valence-corrected chi connectivity index (χ0v) is 17.0. The van der Waals surface area contributed by atoms with Crippen molar-refractivity contribution in [2.45, 2.75) is 19.6 Å². The molecule has 0 spiro atoms. The van der Waals surface area contributed by atoms with Gasteiger partial charge in [0.15, 0.2) is 23.0 Å². The average Bonchev–Trinajstić information content (AvgIpc) is 2.82. The molecule has 31 heavy (non-hydrogen) atoms. The molecule has 6 nitrogen and oxygen atoms in total. The van der Waals surface area contributed by atoms with Crippen LogP contribution >= 0.6 is 0 Å². The average molecular weight is 414 g/mol. The van der Waals surface area contributed by atoms with Crippen molar-refractivity contribution >= 4 is 11.0 Å². The predicted molar refractivity (Wildman–Crippen MR) is 117 cm³/mol. The maximum absolute atomic E-state index is 6.09. The van der Waals surface area contributed by atoms with Gasteiger partial charge in [-0.15, -0.1) is 0 Å². The Hall–Kier alpha value is -3.80. The molecule has 0 atom stereocenters. The Morgan fingerprint density at radius 2 is 0.871 bits per heavy atom. The molecule has 0 radical (unpaired) electrons. The van der Waals surface area contributed by atoms with Crippen LogP contribution in [0.4, 0.5) is 0 Å². The van der Waals surface area contributed by atoms with Crippen molar-refractivity contribution in [3.63, 3.8) is 0 Å². The van der Waals surface area contributed by atoms with Gasteiger partial charge >= 0.3 is 0 Å². The molecule has 1 aromatic heterocycles. The highest BCUT2D eigenvalue weighted by Gasteiger charge is 2.14. The van der Waals surface area contributed by atoms with Crippen molar-refractivity contribution in [3.05, 3.63) is 84.2 Å². The molecule has 2 heterocycles. The molecule has 0 amide bonds. The molecule has 0 bridgehead atoms. The second kappa shape index (κ2) is 8.92. The maximum Gasteiger partial charge on any atom is 0.161 e. The summed E-state index contributed by atoms with van der Waals surface area (Å²) in [5, 5.41) is 0. The Morgan fingerprint density at radius 1 is 0.484 bits per heavy atom. The summed E-state index contributed by atoms with van der Waals surface area (Å²) < 4.78 is 24.1. The van der Waals surface area contributed by atoms with E-state index < -0.39 is 0 Å². The van der Waals surface area contributed by atoms with Crippen LogP contribution in [0.5, 0.6) is 23.0 Å². The molecular formula is C25H22N2O4. The molecule has 4 aromatic rings. The van der Waals surface area contributed by atoms with Crippen molar-refractivity contribution in [1.82, 2.24) is 9.97 Å². The first-order chi connectivity index (χ1) is 15.4. The second-order valence-electron chi connectivity index (χ2n) is 7.13. The largest absolute Gasteiger partial charge is 0.490 e. The highest BCUT2D eigenvalue weighted by molar-refractivity contribution is 5.74. The third-order valence-corrected chi connectivity index (χ3v) is 4.96. The molecule has 0 fully saturated rings. The molecule has 1 aliphatic heterocycles. The molecule has 156 valence electrons. The second-order valence-corrected chi connectivity index (χ2v) is 7.13. The van der Waals surface area contributed by atoms with Gasteiger partial charge in [-0.1, -0.05) is 36.4 Å². The SMILES string of the molecule is c1ccc2c(c1)OCCCOc1ccccc1OCc1nc3ccccc3nc1CO2. The Bertz CT molecular complexity index is 1100. The summed E-state index contributed by atoms with van der Waals surface area (Å²) in [4.78, 5) is 9.59. The Labute approximate surface area is 180 Å². The van der Waals surface area contributed by atoms with Crippen LogP contribution < -0.4 is 18.9 Å². The number of rotatable bonds is 0. The van der Waals surface area contributed by atoms with E-state index in [1.54, 1.807) is 0 Å². The van der Waals surface area contributed by atoms with Crippen LogP contribution in [0.3, 0.4) is 0 Å². The first-order valence-electron chi connectivity index (χ1n) is 10.3. The molecule has 0 unspecified atom stereocenters. The quantitative estimate of drug-likeness (QED) is 0.406. The van der Waals surface area contributed by atoms with Crippen LogP contribution in [0.15, 0.2) is 72.8 Å². The van der Waals surface area contributed by atoms with Crippen molar-refractivity contribution in [1.29, 1.82) is 0 Å². The number of nitrogens with zero attached hydrogens (tertiary/aromatic N) is 2. The topological polar surface area (TPSA) is 62.7 Å². The van der Waals surface area contributed by atoms with Crippen molar-refractivity contribution in [2.24, 2.45) is 0 Å². The van der Waals surface area contributed by atoms with E-state index in [4.69, 9.17) is 28.9 Å². The first kappa shape index (κ1) is 19.2. The molecule has 6 heteroatoms. The summed E-state index contributed by atoms with van der Waals surface area (Å²) in [5.74, 6) is 2.74. The minimum Gasteiger partial charge on any atom is -0.490 e. The Balaban J connectivity index is 1.53. The van der Waals surface area contributed by atoms with Gasteiger partial charge in [0.25, 0.3) is 0 Å². The third kappa shape index (κ3) is 4.38. The van der Waals surface area contributed by atoms with Gasteiger partial charge in [0.1, 0.15) is 24.6 Å². The standard InChI is InChI=1S/C25H22N2O4/c1-2-9-19-18(8-1)26-20-16-30-24-12-5-3-10-22(24)28-14-7-15-29-23-11-4-6-13-25(23)31-17-21(20)27-19/h1-6,8-13H,7,14-17H2. The van der Waals surface area contributed by atoms with E-state index in [0.717, 1.165) is 28.8 Å². The number of benzene rings is 3. The van der Waals surface area contributed by atoms with Gasteiger partial charge in [-0.05, 0) is 36.4 Å². The monoisotopic (exact) mass is 414 g/mol. The number of aromatic nitrogens is 2. The Kier molecular flexibility index (Phi) is 5.52.